The fourth-order valence-corrected chi connectivity index (χ4v) is 3.08. The number of guanidine groups is 1. The van der Waals surface area contributed by atoms with Gasteiger partial charge in [-0.3, -0.25) is 4.99 Å². The van der Waals surface area contributed by atoms with Crippen LogP contribution in [0, 0.1) is 11.3 Å². The van der Waals surface area contributed by atoms with E-state index in [2.05, 4.69) is 45.8 Å². The van der Waals surface area contributed by atoms with Gasteiger partial charge in [-0.2, -0.15) is 10.4 Å². The van der Waals surface area contributed by atoms with E-state index in [1.54, 1.807) is 11.7 Å². The van der Waals surface area contributed by atoms with Crippen molar-refractivity contribution in [1.29, 1.82) is 5.26 Å². The third-order valence-corrected chi connectivity index (χ3v) is 4.81. The first-order valence-electron chi connectivity index (χ1n) is 10.3. The number of nitrogens with one attached hydrogen (secondary N) is 2. The minimum Gasteiger partial charge on any atom is -0.382 e. The molecule has 0 spiro atoms. The van der Waals surface area contributed by atoms with Gasteiger partial charge in [0.25, 0.3) is 0 Å². The first-order valence-corrected chi connectivity index (χ1v) is 10.3. The molecule has 162 valence electrons. The molecule has 0 aliphatic rings. The Morgan fingerprint density at radius 1 is 1.29 bits per heavy atom. The third kappa shape index (κ3) is 5.42. The van der Waals surface area contributed by atoms with E-state index in [0.717, 1.165) is 23.6 Å². The van der Waals surface area contributed by atoms with E-state index in [1.807, 2.05) is 36.4 Å². The van der Waals surface area contributed by atoms with Crippen LogP contribution in [0.3, 0.4) is 0 Å². The smallest absolute Gasteiger partial charge is 0.191 e. The molecular formula is C22H28N8O. The normalized spacial score (nSPS) is 11.5. The fraction of sp³-hybridized carbons (Fsp3) is 0.364. The summed E-state index contributed by atoms with van der Waals surface area (Å²) in [6, 6.07) is 13.7. The summed E-state index contributed by atoms with van der Waals surface area (Å²) in [5.41, 5.74) is 9.04. The second kappa shape index (κ2) is 10.3. The van der Waals surface area contributed by atoms with Crippen molar-refractivity contribution in [2.45, 2.75) is 39.2 Å². The molecule has 1 aromatic carbocycles. The highest BCUT2D eigenvalue weighted by Gasteiger charge is 2.16. The number of nitrogen functional groups attached to an aromatic ring is 1. The van der Waals surface area contributed by atoms with Crippen LogP contribution >= 0.6 is 0 Å². The average Bonchev–Trinajstić information content (AvgIpc) is 3.38. The Labute approximate surface area is 181 Å². The number of aliphatic imine (C=N–C) groups is 1. The number of hydrogen-bond donors (Lipinski definition) is 3. The number of benzene rings is 1. The van der Waals surface area contributed by atoms with Gasteiger partial charge in [0.05, 0.1) is 23.6 Å². The molecule has 0 aliphatic carbocycles. The number of hydrogen-bond acceptors (Lipinski definition) is 6. The predicted molar refractivity (Wildman–Crippen MR) is 120 cm³/mol. The molecule has 0 bridgehead atoms. The molecule has 2 heterocycles. The van der Waals surface area contributed by atoms with Crippen LogP contribution in [-0.4, -0.2) is 34.5 Å². The summed E-state index contributed by atoms with van der Waals surface area (Å²) < 4.78 is 6.95. The van der Waals surface area contributed by atoms with Crippen LogP contribution in [0.15, 0.2) is 45.9 Å². The molecule has 0 unspecified atom stereocenters. The molecule has 0 atom stereocenters. The van der Waals surface area contributed by atoms with E-state index >= 15 is 0 Å². The molecule has 0 aliphatic heterocycles. The monoisotopic (exact) mass is 420 g/mol. The van der Waals surface area contributed by atoms with Crippen molar-refractivity contribution in [3.63, 3.8) is 0 Å². The maximum absolute atomic E-state index is 9.51. The first kappa shape index (κ1) is 21.9. The lowest BCUT2D eigenvalue weighted by molar-refractivity contribution is 0.372. The van der Waals surface area contributed by atoms with Crippen molar-refractivity contribution in [2.24, 2.45) is 4.99 Å². The number of nitriles is 1. The Bertz CT molecular complexity index is 1060. The maximum Gasteiger partial charge on any atom is 0.191 e. The molecule has 9 nitrogen and oxygen atoms in total. The average molecular weight is 421 g/mol. The van der Waals surface area contributed by atoms with Crippen LogP contribution in [0.1, 0.15) is 48.9 Å². The van der Waals surface area contributed by atoms with Gasteiger partial charge >= 0.3 is 0 Å². The lowest BCUT2D eigenvalue weighted by Crippen LogP contribution is -2.37. The summed E-state index contributed by atoms with van der Waals surface area (Å²) >= 11 is 0. The van der Waals surface area contributed by atoms with Gasteiger partial charge in [-0.15, -0.1) is 0 Å². The second-order valence-corrected chi connectivity index (χ2v) is 7.39. The molecule has 31 heavy (non-hydrogen) atoms. The van der Waals surface area contributed by atoms with Crippen LogP contribution in [0.4, 0.5) is 5.82 Å². The summed E-state index contributed by atoms with van der Waals surface area (Å²) in [5.74, 6) is 2.11. The molecule has 3 aromatic rings. The van der Waals surface area contributed by atoms with Crippen molar-refractivity contribution in [1.82, 2.24) is 25.6 Å². The van der Waals surface area contributed by atoms with Crippen LogP contribution in [0.5, 0.6) is 0 Å². The van der Waals surface area contributed by atoms with Crippen molar-refractivity contribution < 1.29 is 4.52 Å². The molecule has 4 N–H and O–H groups in total. The number of nitrogens with zero attached hydrogens (tertiary/aromatic N) is 5. The van der Waals surface area contributed by atoms with Crippen molar-refractivity contribution in [3.8, 4) is 11.8 Å². The Balaban J connectivity index is 1.52. The van der Waals surface area contributed by atoms with E-state index in [-0.39, 0.29) is 0 Å². The van der Waals surface area contributed by atoms with Crippen LogP contribution in [-0.2, 0) is 13.0 Å². The van der Waals surface area contributed by atoms with Crippen molar-refractivity contribution in [2.75, 3.05) is 19.3 Å². The SMILES string of the molecule is CN=C(NCCCc1nn(-c2ccccc2)c(N)c1C#N)NCc1cc(C(C)C)no1. The maximum atomic E-state index is 9.51. The summed E-state index contributed by atoms with van der Waals surface area (Å²) in [6.45, 7) is 5.31. The van der Waals surface area contributed by atoms with Gasteiger partial charge in [0.15, 0.2) is 11.7 Å². The van der Waals surface area contributed by atoms with E-state index in [4.69, 9.17) is 10.3 Å². The van der Waals surface area contributed by atoms with E-state index in [9.17, 15) is 5.26 Å². The highest BCUT2D eigenvalue weighted by molar-refractivity contribution is 5.79. The Kier molecular flexibility index (Phi) is 7.27. The Hall–Kier alpha value is -3.80. The van der Waals surface area contributed by atoms with Gasteiger partial charge in [0.1, 0.15) is 17.5 Å². The molecule has 0 amide bonds. The van der Waals surface area contributed by atoms with Gasteiger partial charge in [0.2, 0.25) is 0 Å². The van der Waals surface area contributed by atoms with Crippen LogP contribution in [0.2, 0.25) is 0 Å². The number of rotatable bonds is 8. The Morgan fingerprint density at radius 3 is 2.71 bits per heavy atom. The molecular weight excluding hydrogens is 392 g/mol. The van der Waals surface area contributed by atoms with Gasteiger partial charge in [-0.1, -0.05) is 37.2 Å². The minimum absolute atomic E-state index is 0.327. The standard InChI is InChI=1S/C22H28N8O/c1-15(2)20-12-17(31-29-20)14-27-22(25-3)26-11-7-10-19-18(13-23)21(24)30(28-19)16-8-5-4-6-9-16/h4-6,8-9,12,15H,7,10-11,14,24H2,1-3H3,(H2,25,26,27). The topological polar surface area (TPSA) is 130 Å². The number of anilines is 1. The van der Waals surface area contributed by atoms with Crippen LogP contribution < -0.4 is 16.4 Å². The zero-order valence-corrected chi connectivity index (χ0v) is 18.1. The molecule has 0 fully saturated rings. The highest BCUT2D eigenvalue weighted by atomic mass is 16.5. The lowest BCUT2D eigenvalue weighted by atomic mass is 10.1. The predicted octanol–water partition coefficient (Wildman–Crippen LogP) is 2.74. The number of nitrogens with two attached hydrogens (primary N) is 1. The van der Waals surface area contributed by atoms with E-state index < -0.39 is 0 Å². The van der Waals surface area contributed by atoms with Gasteiger partial charge < -0.3 is 20.9 Å². The Morgan fingerprint density at radius 2 is 2.06 bits per heavy atom. The quantitative estimate of drug-likeness (QED) is 0.290. The molecule has 3 rings (SSSR count). The first-order chi connectivity index (χ1) is 15.0. The molecule has 0 saturated carbocycles. The second-order valence-electron chi connectivity index (χ2n) is 7.39. The molecule has 0 saturated heterocycles. The summed E-state index contributed by atoms with van der Waals surface area (Å²) in [7, 11) is 1.71. The molecule has 9 heteroatoms. The number of aromatic nitrogens is 3. The zero-order chi connectivity index (χ0) is 22.2. The number of para-hydroxylation sites is 1. The van der Waals surface area contributed by atoms with Gasteiger partial charge in [-0.25, -0.2) is 4.68 Å². The minimum atomic E-state index is 0.327. The van der Waals surface area contributed by atoms with E-state index in [0.29, 0.717) is 48.5 Å². The number of aryl methyl sites for hydroxylation is 1. The highest BCUT2D eigenvalue weighted by Crippen LogP contribution is 2.21. The third-order valence-electron chi connectivity index (χ3n) is 4.81. The fourth-order valence-electron chi connectivity index (χ4n) is 3.08. The van der Waals surface area contributed by atoms with Crippen molar-refractivity contribution >= 4 is 11.8 Å². The zero-order valence-electron chi connectivity index (χ0n) is 18.1. The molecule has 2 aromatic heterocycles. The summed E-state index contributed by atoms with van der Waals surface area (Å²) in [4.78, 5) is 4.22. The summed E-state index contributed by atoms with van der Waals surface area (Å²) in [5, 5.41) is 24.6. The van der Waals surface area contributed by atoms with Gasteiger partial charge in [0, 0.05) is 19.7 Å². The largest absolute Gasteiger partial charge is 0.382 e. The molecule has 0 radical (unpaired) electrons. The lowest BCUT2D eigenvalue weighted by Gasteiger charge is -2.10. The van der Waals surface area contributed by atoms with Crippen LogP contribution in [0.25, 0.3) is 5.69 Å². The summed E-state index contributed by atoms with van der Waals surface area (Å²) in [6.07, 6.45) is 1.39. The van der Waals surface area contributed by atoms with E-state index in [1.165, 1.54) is 0 Å². The van der Waals surface area contributed by atoms with Crippen molar-refractivity contribution in [3.05, 3.63) is 59.1 Å². The van der Waals surface area contributed by atoms with Gasteiger partial charge in [-0.05, 0) is 30.9 Å².